The molecule has 3 heterocycles. The van der Waals surface area contributed by atoms with E-state index in [0.717, 1.165) is 0 Å². The zero-order valence-electron chi connectivity index (χ0n) is 11.9. The van der Waals surface area contributed by atoms with Gasteiger partial charge in [0, 0.05) is 38.6 Å². The van der Waals surface area contributed by atoms with Crippen LogP contribution in [-0.2, 0) is 21.7 Å². The molecule has 0 radical (unpaired) electrons. The molecule has 0 atom stereocenters. The molecule has 0 aromatic carbocycles. The first-order chi connectivity index (χ1) is 10.5. The van der Waals surface area contributed by atoms with Crippen LogP contribution in [0, 0.1) is 0 Å². The lowest BCUT2D eigenvalue weighted by molar-refractivity contribution is -0.128. The molecule has 1 saturated heterocycles. The first kappa shape index (κ1) is 14.6. The average molecular weight is 321 g/mol. The van der Waals surface area contributed by atoms with Gasteiger partial charge < -0.3 is 13.9 Å². The molecular weight excluding hydrogens is 306 g/mol. The Morgan fingerprint density at radius 2 is 2.23 bits per heavy atom. The lowest BCUT2D eigenvalue weighted by atomic mass is 10.2. The molecular formula is C14H15N3O4S. The minimum absolute atomic E-state index is 0.0377. The van der Waals surface area contributed by atoms with Gasteiger partial charge in [0.1, 0.15) is 11.0 Å². The summed E-state index contributed by atoms with van der Waals surface area (Å²) in [5.74, 6) is 0.341. The number of hydrogen-bond donors (Lipinski definition) is 0. The molecule has 8 heteroatoms. The summed E-state index contributed by atoms with van der Waals surface area (Å²) in [4.78, 5) is 17.3. The summed E-state index contributed by atoms with van der Waals surface area (Å²) < 4.78 is 31.3. The van der Waals surface area contributed by atoms with Gasteiger partial charge in [-0.3, -0.25) is 4.79 Å². The summed E-state index contributed by atoms with van der Waals surface area (Å²) >= 11 is 0. The Labute approximate surface area is 127 Å². The van der Waals surface area contributed by atoms with Crippen LogP contribution in [0.15, 0.2) is 46.4 Å². The number of aryl methyl sites for hydroxylation is 1. The Hall–Kier alpha value is -2.35. The maximum atomic E-state index is 12.4. The minimum Gasteiger partial charge on any atom is -0.465 e. The molecule has 0 spiro atoms. The molecule has 1 aliphatic heterocycles. The van der Waals surface area contributed by atoms with Crippen LogP contribution in [0.2, 0.25) is 0 Å². The van der Waals surface area contributed by atoms with Crippen molar-refractivity contribution in [2.45, 2.75) is 10.4 Å². The highest BCUT2D eigenvalue weighted by atomic mass is 32.2. The third kappa shape index (κ3) is 2.57. The molecule has 3 rings (SSSR count). The van der Waals surface area contributed by atoms with Gasteiger partial charge in [-0.1, -0.05) is 0 Å². The quantitative estimate of drug-likeness (QED) is 0.774. The van der Waals surface area contributed by atoms with Crippen LogP contribution < -0.4 is 0 Å². The highest BCUT2D eigenvalue weighted by Crippen LogP contribution is 2.22. The number of likely N-dealkylation sites (tertiary alicyclic amines) is 1. The van der Waals surface area contributed by atoms with Crippen molar-refractivity contribution in [1.82, 2.24) is 14.5 Å². The second kappa shape index (κ2) is 5.45. The van der Waals surface area contributed by atoms with Gasteiger partial charge in [-0.05, 0) is 18.2 Å². The fraction of sp³-hybridized carbons (Fsp3) is 0.286. The number of carbonyl (C=O) groups excluding carboxylic acids is 1. The molecule has 0 bridgehead atoms. The Morgan fingerprint density at radius 1 is 1.45 bits per heavy atom. The van der Waals surface area contributed by atoms with Gasteiger partial charge in [0.2, 0.25) is 20.9 Å². The Balaban J connectivity index is 1.62. The Kier molecular flexibility index (Phi) is 3.61. The van der Waals surface area contributed by atoms with Gasteiger partial charge in [-0.15, -0.1) is 0 Å². The summed E-state index contributed by atoms with van der Waals surface area (Å²) in [6.45, 7) is 0.354. The van der Waals surface area contributed by atoms with Crippen molar-refractivity contribution in [3.05, 3.63) is 42.6 Å². The van der Waals surface area contributed by atoms with Gasteiger partial charge in [0.25, 0.3) is 0 Å². The number of carbonyl (C=O) groups is 1. The molecule has 1 amide bonds. The van der Waals surface area contributed by atoms with Gasteiger partial charge in [0.05, 0.1) is 6.26 Å². The van der Waals surface area contributed by atoms with Crippen molar-refractivity contribution in [1.29, 1.82) is 0 Å². The van der Waals surface area contributed by atoms with E-state index in [1.54, 1.807) is 31.5 Å². The van der Waals surface area contributed by atoms with E-state index in [4.69, 9.17) is 4.42 Å². The van der Waals surface area contributed by atoms with Crippen molar-refractivity contribution in [2.24, 2.45) is 7.05 Å². The fourth-order valence-corrected chi connectivity index (χ4v) is 3.96. The number of amides is 1. The van der Waals surface area contributed by atoms with Crippen LogP contribution in [0.4, 0.5) is 0 Å². The normalized spacial score (nSPS) is 16.1. The van der Waals surface area contributed by atoms with Gasteiger partial charge in [-0.2, -0.15) is 0 Å². The second-order valence-electron chi connectivity index (χ2n) is 5.08. The lowest BCUT2D eigenvalue weighted by Crippen LogP contribution is -2.56. The molecule has 22 heavy (non-hydrogen) atoms. The standard InChI is InChI=1S/C14H15N3O4S/c1-16-7-6-15-14(16)22(19,20)12-9-17(10-12)13(18)5-4-11-3-2-8-21-11/h2-8,12H,9-10H2,1H3/b5-4+. The van der Waals surface area contributed by atoms with Crippen molar-refractivity contribution >= 4 is 21.8 Å². The van der Waals surface area contributed by atoms with E-state index in [9.17, 15) is 13.2 Å². The first-order valence-corrected chi connectivity index (χ1v) is 8.25. The summed E-state index contributed by atoms with van der Waals surface area (Å²) in [6.07, 6.45) is 7.48. The number of imidazole rings is 1. The van der Waals surface area contributed by atoms with Crippen LogP contribution in [-0.4, -0.2) is 47.1 Å². The molecule has 1 fully saturated rings. The number of hydrogen-bond acceptors (Lipinski definition) is 5. The number of nitrogens with zero attached hydrogens (tertiary/aromatic N) is 3. The summed E-state index contributed by atoms with van der Waals surface area (Å²) in [7, 11) is -1.87. The second-order valence-corrected chi connectivity index (χ2v) is 7.20. The predicted octanol–water partition coefficient (Wildman–Crippen LogP) is 0.711. The zero-order chi connectivity index (χ0) is 15.7. The van der Waals surface area contributed by atoms with E-state index >= 15 is 0 Å². The number of rotatable bonds is 4. The number of sulfone groups is 1. The van der Waals surface area contributed by atoms with Crippen molar-refractivity contribution in [2.75, 3.05) is 13.1 Å². The van der Waals surface area contributed by atoms with E-state index in [1.165, 1.54) is 28.0 Å². The highest BCUT2D eigenvalue weighted by molar-refractivity contribution is 7.92. The molecule has 0 saturated carbocycles. The van der Waals surface area contributed by atoms with Crippen molar-refractivity contribution in [3.63, 3.8) is 0 Å². The number of aromatic nitrogens is 2. The SMILES string of the molecule is Cn1ccnc1S(=O)(=O)C1CN(C(=O)/C=C/c2ccco2)C1. The molecule has 7 nitrogen and oxygen atoms in total. The van der Waals surface area contributed by atoms with E-state index in [0.29, 0.717) is 5.76 Å². The van der Waals surface area contributed by atoms with E-state index < -0.39 is 15.1 Å². The van der Waals surface area contributed by atoms with Crippen molar-refractivity contribution in [3.8, 4) is 0 Å². The van der Waals surface area contributed by atoms with Gasteiger partial charge in [-0.25, -0.2) is 13.4 Å². The third-order valence-corrected chi connectivity index (χ3v) is 5.64. The smallest absolute Gasteiger partial charge is 0.246 e. The lowest BCUT2D eigenvalue weighted by Gasteiger charge is -2.37. The van der Waals surface area contributed by atoms with Crippen LogP contribution in [0.25, 0.3) is 6.08 Å². The molecule has 1 aliphatic rings. The summed E-state index contributed by atoms with van der Waals surface area (Å²) in [5.41, 5.74) is 0. The van der Waals surface area contributed by atoms with Crippen LogP contribution >= 0.6 is 0 Å². The first-order valence-electron chi connectivity index (χ1n) is 6.70. The van der Waals surface area contributed by atoms with E-state index in [1.807, 2.05) is 0 Å². The predicted molar refractivity (Wildman–Crippen MR) is 78.5 cm³/mol. The van der Waals surface area contributed by atoms with Gasteiger partial charge in [0.15, 0.2) is 0 Å². The maximum absolute atomic E-state index is 12.4. The molecule has 0 unspecified atom stereocenters. The van der Waals surface area contributed by atoms with Crippen LogP contribution in [0.3, 0.4) is 0 Å². The Bertz CT molecular complexity index is 799. The highest BCUT2D eigenvalue weighted by Gasteiger charge is 2.41. The van der Waals surface area contributed by atoms with E-state index in [-0.39, 0.29) is 24.2 Å². The minimum atomic E-state index is -3.50. The maximum Gasteiger partial charge on any atom is 0.246 e. The topological polar surface area (TPSA) is 85.4 Å². The van der Waals surface area contributed by atoms with Crippen LogP contribution in [0.1, 0.15) is 5.76 Å². The Morgan fingerprint density at radius 3 is 2.82 bits per heavy atom. The van der Waals surface area contributed by atoms with Crippen molar-refractivity contribution < 1.29 is 17.6 Å². The largest absolute Gasteiger partial charge is 0.465 e. The molecule has 116 valence electrons. The summed E-state index contributed by atoms with van der Waals surface area (Å²) in [5, 5.41) is -0.565. The fourth-order valence-electron chi connectivity index (χ4n) is 2.23. The molecule has 2 aromatic rings. The van der Waals surface area contributed by atoms with E-state index in [2.05, 4.69) is 4.98 Å². The molecule has 0 aliphatic carbocycles. The van der Waals surface area contributed by atoms with Gasteiger partial charge >= 0.3 is 0 Å². The number of furan rings is 1. The monoisotopic (exact) mass is 321 g/mol. The average Bonchev–Trinajstić information content (AvgIpc) is 3.05. The zero-order valence-corrected chi connectivity index (χ0v) is 12.7. The third-order valence-electron chi connectivity index (χ3n) is 3.56. The molecule has 2 aromatic heterocycles. The summed E-state index contributed by atoms with van der Waals surface area (Å²) in [6, 6.07) is 3.46. The van der Waals surface area contributed by atoms with Crippen LogP contribution in [0.5, 0.6) is 0 Å². The molecule has 0 N–H and O–H groups in total.